The highest BCUT2D eigenvalue weighted by Gasteiger charge is 2.49. The maximum Gasteiger partial charge on any atom is 0.407 e. The number of halogens is 2. The van der Waals surface area contributed by atoms with Crippen LogP contribution in [0.1, 0.15) is 137 Å². The summed E-state index contributed by atoms with van der Waals surface area (Å²) >= 11 is 16.3. The minimum Gasteiger partial charge on any atom is -0.480 e. The first kappa shape index (κ1) is 93.2. The molecule has 7 heterocycles. The Morgan fingerprint density at radius 2 is 1.46 bits per heavy atom. The van der Waals surface area contributed by atoms with Crippen molar-refractivity contribution in [1.82, 2.24) is 67.1 Å². The molecule has 652 valence electrons. The lowest BCUT2D eigenvalue weighted by molar-refractivity contribution is -0.142. The number of nitrogens with two attached hydrogens (primary N) is 1. The Balaban J connectivity index is 0.716. The van der Waals surface area contributed by atoms with E-state index in [0.717, 1.165) is 50.7 Å². The molecule has 0 saturated carbocycles. The van der Waals surface area contributed by atoms with Gasteiger partial charge in [-0.25, -0.2) is 24.4 Å². The van der Waals surface area contributed by atoms with E-state index in [1.807, 2.05) is 62.1 Å². The highest BCUT2D eigenvalue weighted by molar-refractivity contribution is 8.76. The normalized spacial score (nSPS) is 18.5. The van der Waals surface area contributed by atoms with Gasteiger partial charge in [0.1, 0.15) is 36.7 Å². The first-order valence-electron chi connectivity index (χ1n) is 39.9. The molecule has 40 heteroatoms. The van der Waals surface area contributed by atoms with Crippen LogP contribution >= 0.6 is 57.4 Å². The monoisotopic (exact) mass is 1770 g/mol. The van der Waals surface area contributed by atoms with E-state index in [1.54, 1.807) is 0 Å². The van der Waals surface area contributed by atoms with Crippen molar-refractivity contribution in [1.29, 1.82) is 0 Å². The number of ketones is 2. The van der Waals surface area contributed by atoms with Gasteiger partial charge in [-0.2, -0.15) is 17.6 Å². The first-order valence-corrected chi connectivity index (χ1v) is 44.1. The van der Waals surface area contributed by atoms with Gasteiger partial charge in [-0.05, 0) is 111 Å². The van der Waals surface area contributed by atoms with Crippen molar-refractivity contribution in [3.8, 4) is 0 Å². The Kier molecular flexibility index (Phi) is 33.3. The molecule has 0 saturated heterocycles. The van der Waals surface area contributed by atoms with Crippen LogP contribution in [-0.4, -0.2) is 228 Å². The van der Waals surface area contributed by atoms with Gasteiger partial charge < -0.3 is 82.8 Å². The molecule has 3 unspecified atom stereocenters. The number of aromatic nitrogens is 6. The van der Waals surface area contributed by atoms with Crippen molar-refractivity contribution in [3.63, 3.8) is 0 Å². The van der Waals surface area contributed by atoms with Crippen LogP contribution in [0.4, 0.5) is 22.1 Å². The van der Waals surface area contributed by atoms with Gasteiger partial charge in [-0.3, -0.25) is 62.9 Å². The Morgan fingerprint density at radius 1 is 0.762 bits per heavy atom. The number of hydrogen-bond acceptors (Lipinski definition) is 26. The maximum atomic E-state index is 14.8. The Labute approximate surface area is 725 Å². The van der Waals surface area contributed by atoms with Crippen LogP contribution < -0.4 is 69.4 Å². The lowest BCUT2D eigenvalue weighted by Gasteiger charge is -2.24. The van der Waals surface area contributed by atoms with Gasteiger partial charge in [0.05, 0.1) is 54.7 Å². The van der Waals surface area contributed by atoms with Crippen molar-refractivity contribution < 1.29 is 77.2 Å². The summed E-state index contributed by atoms with van der Waals surface area (Å²) < 4.78 is 10.7. The average molecular weight is 1780 g/mol. The van der Waals surface area contributed by atoms with Crippen LogP contribution in [0.2, 0.25) is 0 Å². The number of amides is 7. The molecule has 10 atom stereocenters. The standard InChI is InChI=1S/C82H100Cl2N18O17S3/c1-8-50-40(2)53-35-58-65(44(6)103)42(4)55(93-58)33-54-41(3)51(69(96-54)67-68(80(116)118-7)72(107)66-43(5)56(97-70(66)67)34-57(50)92-53)10-9-11-62(104)94-59(32-45-12-18-49(19-13-45)102(27-22-83)28-23-84)75(109)87-24-25-88-82(117)119-29-31-121-122-39-61(79(114)115)99-76(110)60(36-64(106)86-26-30-120)95-63(105)21-20-52(78(112)113)98-74(108)46-14-16-47(17-15-46)89-37-48-38-90-73-71(91-48)77(111)101-81(85)100-73/h12-19,33,35,38,40-41,50-52,57,59-61,68,89,93,97,120H,8-11,20-32,34,36-37,39H2,1-7H3,(H,86,106)(H,87,109)(H,88,117)(H,94,104)(H,95,105)(H,98,108)(H,99,110)(H,112,113)(H,114,115)(H3,85,90,100,101,111)/b55-33?,58-35?,69-67-/t40-,41+,50-,51+,52+,57?,59?,60+,61+,68?/m1/s1. The number of ether oxygens (including phenoxy) is 2. The number of aromatic amines is 3. The minimum absolute atomic E-state index is 0.0163. The van der Waals surface area contributed by atoms with Crippen LogP contribution in [0.15, 0.2) is 75.2 Å². The van der Waals surface area contributed by atoms with Crippen molar-refractivity contribution in [3.05, 3.63) is 132 Å². The lowest BCUT2D eigenvalue weighted by atomic mass is 9.83. The summed E-state index contributed by atoms with van der Waals surface area (Å²) in [5.74, 6) is -9.88. The molecule has 8 bridgehead atoms. The van der Waals surface area contributed by atoms with Gasteiger partial charge >= 0.3 is 24.0 Å². The number of nitrogen functional groups attached to an aromatic ring is 1. The van der Waals surface area contributed by atoms with E-state index in [9.17, 15) is 72.5 Å². The van der Waals surface area contributed by atoms with Crippen molar-refractivity contribution in [2.45, 2.75) is 136 Å². The number of carbonyl (C=O) groups excluding carboxylic acids is 10. The molecular formula is C82H100Cl2N18O17S3. The average Bonchev–Trinajstić information content (AvgIpc) is 1.56. The van der Waals surface area contributed by atoms with E-state index in [-0.39, 0.29) is 122 Å². The zero-order valence-corrected chi connectivity index (χ0v) is 72.3. The fourth-order valence-electron chi connectivity index (χ4n) is 15.4. The number of carboxylic acids is 2. The number of benzene rings is 2. The second kappa shape index (κ2) is 43.6. The first-order chi connectivity index (χ1) is 58.4. The van der Waals surface area contributed by atoms with Crippen LogP contribution in [0, 0.1) is 43.4 Å². The number of carbonyl (C=O) groups is 12. The van der Waals surface area contributed by atoms with E-state index in [2.05, 4.69) is 98.9 Å². The second-order valence-electron chi connectivity index (χ2n) is 29.8. The lowest BCUT2D eigenvalue weighted by Crippen LogP contribution is -2.54. The SMILES string of the molecule is CC[C@H]1C2Cc3[nH]c4c(c3C)C(=O)C(C(=O)OC)/C4=C3/N=C(C=c4[nH]c(c(C(C)=O)c4C)=CC(=N2)[C@@H]1C)[C@@H](C)[C@@H]3CCCC(=O)NC(Cc1ccc(N(CCCl)CCCl)cc1)C(=O)NCCNC(=O)OCCSSC[C@H](NC(=O)[C@H](CC(=O)NCCS)NC(=O)CC[C@H](NC(=O)c1ccc(NCc2cnc3nc(N)[nH]c(=O)c3n2)cc1)C(=O)O)C(=O)O. The number of esters is 1. The molecule has 15 N–H and O–H groups in total. The molecule has 0 fully saturated rings. The summed E-state index contributed by atoms with van der Waals surface area (Å²) in [5.41, 5.74) is 13.6. The van der Waals surface area contributed by atoms with Crippen molar-refractivity contribution in [2.75, 3.05) is 91.4 Å². The molecule has 3 aliphatic heterocycles. The quantitative estimate of drug-likeness (QED) is 0.00471. The number of rotatable bonds is 42. The van der Waals surface area contributed by atoms with E-state index in [0.29, 0.717) is 105 Å². The molecule has 122 heavy (non-hydrogen) atoms. The van der Waals surface area contributed by atoms with Gasteiger partial charge in [-0.15, -0.1) is 23.2 Å². The third-order valence-corrected chi connectivity index (χ3v) is 24.7. The zero-order valence-electron chi connectivity index (χ0n) is 68.3. The van der Waals surface area contributed by atoms with Crippen LogP contribution in [0.5, 0.6) is 0 Å². The van der Waals surface area contributed by atoms with Gasteiger partial charge in [-0.1, -0.05) is 60.9 Å². The Hall–Kier alpha value is -11.1. The highest BCUT2D eigenvalue weighted by Crippen LogP contribution is 2.49. The smallest absolute Gasteiger partial charge is 0.407 e. The predicted octanol–water partition coefficient (Wildman–Crippen LogP) is 4.65. The van der Waals surface area contributed by atoms with Gasteiger partial charge in [0.25, 0.3) is 11.5 Å². The predicted molar refractivity (Wildman–Crippen MR) is 468 cm³/mol. The number of Topliss-reactive ketones (excluding diaryl/α,β-unsaturated/α-hetero) is 2. The summed E-state index contributed by atoms with van der Waals surface area (Å²) in [4.78, 5) is 208. The topological polar surface area (TPSA) is 517 Å². The fourth-order valence-corrected chi connectivity index (χ4v) is 17.9. The molecule has 2 aromatic carbocycles. The molecule has 0 spiro atoms. The molecule has 4 aliphatic rings. The van der Waals surface area contributed by atoms with E-state index < -0.39 is 126 Å². The van der Waals surface area contributed by atoms with E-state index >= 15 is 0 Å². The number of allylic oxidation sites excluding steroid dienone is 1. The molecule has 1 aliphatic carbocycles. The number of alkyl carbamates (subject to hydrolysis) is 1. The van der Waals surface area contributed by atoms with Crippen LogP contribution in [0.25, 0.3) is 28.9 Å². The minimum atomic E-state index is -1.64. The fraction of sp³-hybridized carbons (Fsp3) is 0.463. The van der Waals surface area contributed by atoms with E-state index in [1.165, 1.54) is 44.5 Å². The third kappa shape index (κ3) is 23.6. The van der Waals surface area contributed by atoms with Crippen molar-refractivity contribution >= 4 is 186 Å². The summed E-state index contributed by atoms with van der Waals surface area (Å²) in [6.07, 6.45) is 4.69. The summed E-state index contributed by atoms with van der Waals surface area (Å²) in [7, 11) is 3.34. The zero-order chi connectivity index (χ0) is 88.2. The van der Waals surface area contributed by atoms with Crippen molar-refractivity contribution in [2.24, 2.45) is 39.6 Å². The maximum absolute atomic E-state index is 14.8. The number of H-pyrrole nitrogens is 3. The molecule has 4 aromatic heterocycles. The molecule has 7 amide bonds. The molecule has 0 radical (unpaired) electrons. The number of carboxylic acid groups (broad SMARTS) is 2. The number of nitrogens with one attached hydrogen (secondary N) is 11. The number of alkyl halides is 2. The Bertz CT molecular complexity index is 5250. The van der Waals surface area contributed by atoms with Crippen LogP contribution in [0.3, 0.4) is 0 Å². The second-order valence-corrected chi connectivity index (χ2v) is 33.7. The largest absolute Gasteiger partial charge is 0.480 e. The number of methoxy groups -OCH3 is 1. The van der Waals surface area contributed by atoms with Gasteiger partial charge in [0, 0.05) is 161 Å². The summed E-state index contributed by atoms with van der Waals surface area (Å²) in [6, 6.07) is 7.25. The number of aliphatic imine (C=N–C) groups is 2. The number of hydrogen-bond donors (Lipinski definition) is 15. The number of nitrogens with zero attached hydrogens (tertiary/aromatic N) is 6. The number of fused-ring (bicyclic) bond motifs is 6. The summed E-state index contributed by atoms with van der Waals surface area (Å²) in [6.45, 7) is 12.5. The summed E-state index contributed by atoms with van der Waals surface area (Å²) in [5, 5.41) is 42.5. The Morgan fingerprint density at radius 3 is 2.14 bits per heavy atom. The van der Waals surface area contributed by atoms with E-state index in [4.69, 9.17) is 48.4 Å². The number of thiol groups is 1. The van der Waals surface area contributed by atoms with Crippen LogP contribution in [-0.2, 0) is 67.2 Å². The molecule has 35 nitrogen and oxygen atoms in total. The number of aliphatic carboxylic acids is 2. The third-order valence-electron chi connectivity index (χ3n) is 21.8. The molecular weight excluding hydrogens is 1680 g/mol. The highest BCUT2D eigenvalue weighted by atomic mass is 35.5. The molecule has 6 aromatic rings. The van der Waals surface area contributed by atoms with Gasteiger partial charge in [0.2, 0.25) is 35.5 Å². The number of anilines is 3. The van der Waals surface area contributed by atoms with Gasteiger partial charge in [0.15, 0.2) is 22.7 Å². The molecule has 10 rings (SSSR count).